The van der Waals surface area contributed by atoms with Gasteiger partial charge < -0.3 is 24.4 Å². The third kappa shape index (κ3) is 3.77. The van der Waals surface area contributed by atoms with Gasteiger partial charge in [-0.05, 0) is 62.9 Å². The fourth-order valence-electron chi connectivity index (χ4n) is 3.81. The van der Waals surface area contributed by atoms with Gasteiger partial charge in [0.2, 0.25) is 0 Å². The predicted molar refractivity (Wildman–Crippen MR) is 112 cm³/mol. The lowest BCUT2D eigenvalue weighted by Gasteiger charge is -2.42. The molecule has 6 nitrogen and oxygen atoms in total. The van der Waals surface area contributed by atoms with E-state index in [2.05, 4.69) is 36.0 Å². The number of aliphatic hydroxyl groups is 1. The van der Waals surface area contributed by atoms with Crippen molar-refractivity contribution in [3.63, 3.8) is 0 Å². The number of nitrogens with zero attached hydrogens (tertiary/aromatic N) is 3. The van der Waals surface area contributed by atoms with E-state index in [0.29, 0.717) is 6.04 Å². The average molecular weight is 388 g/mol. The van der Waals surface area contributed by atoms with Crippen molar-refractivity contribution >= 4 is 5.57 Å². The summed E-state index contributed by atoms with van der Waals surface area (Å²) < 4.78 is 11.5. The summed E-state index contributed by atoms with van der Waals surface area (Å²) in [5.74, 6) is 1.64. The number of rotatable bonds is 6. The molecule has 0 radical (unpaired) electrons. The molecule has 2 aliphatic heterocycles. The zero-order valence-corrected chi connectivity index (χ0v) is 18.1. The first-order chi connectivity index (χ1) is 13.2. The largest absolute Gasteiger partial charge is 0.496 e. The Bertz CT molecular complexity index is 769. The van der Waals surface area contributed by atoms with E-state index in [9.17, 15) is 5.11 Å². The van der Waals surface area contributed by atoms with Gasteiger partial charge >= 0.3 is 0 Å². The number of ether oxygens (including phenoxy) is 2. The van der Waals surface area contributed by atoms with Crippen LogP contribution >= 0.6 is 0 Å². The third-order valence-corrected chi connectivity index (χ3v) is 6.16. The van der Waals surface area contributed by atoms with Crippen molar-refractivity contribution in [2.45, 2.75) is 32.2 Å². The van der Waals surface area contributed by atoms with Crippen LogP contribution in [0.2, 0.25) is 0 Å². The standard InChI is InChI=1S/C22H33N3O3/c1-15-8-17(11-25(5)22(15,2)26)16-9-20(27-6)19(21(10-16)28-7)14-24(4)18-12-23(3)13-18/h8-11,18,26H,12-14H2,1-7H3. The molecule has 1 aromatic rings. The van der Waals surface area contributed by atoms with Crippen LogP contribution in [-0.4, -0.2) is 80.0 Å². The molecule has 0 bridgehead atoms. The second-order valence-electron chi connectivity index (χ2n) is 8.19. The summed E-state index contributed by atoms with van der Waals surface area (Å²) in [5.41, 5.74) is 3.00. The van der Waals surface area contributed by atoms with Gasteiger partial charge in [-0.2, -0.15) is 0 Å². The van der Waals surface area contributed by atoms with Gasteiger partial charge in [0.05, 0.1) is 19.8 Å². The molecule has 1 fully saturated rings. The summed E-state index contributed by atoms with van der Waals surface area (Å²) in [6, 6.07) is 4.67. The Balaban J connectivity index is 1.93. The van der Waals surface area contributed by atoms with Crippen LogP contribution in [0, 0.1) is 0 Å². The van der Waals surface area contributed by atoms with E-state index in [-0.39, 0.29) is 0 Å². The number of methoxy groups -OCH3 is 2. The summed E-state index contributed by atoms with van der Waals surface area (Å²) >= 11 is 0. The number of hydrogen-bond acceptors (Lipinski definition) is 6. The van der Waals surface area contributed by atoms with Crippen LogP contribution in [0.5, 0.6) is 11.5 Å². The van der Waals surface area contributed by atoms with Crippen LogP contribution in [0.4, 0.5) is 0 Å². The molecule has 1 atom stereocenters. The molecule has 0 saturated carbocycles. The number of allylic oxidation sites excluding steroid dienone is 2. The first kappa shape index (κ1) is 20.7. The quantitative estimate of drug-likeness (QED) is 0.809. The minimum atomic E-state index is -0.976. The van der Waals surface area contributed by atoms with Crippen LogP contribution in [0.3, 0.4) is 0 Å². The van der Waals surface area contributed by atoms with Crippen LogP contribution in [0.15, 0.2) is 30.0 Å². The molecule has 0 aliphatic carbocycles. The smallest absolute Gasteiger partial charge is 0.156 e. The van der Waals surface area contributed by atoms with Gasteiger partial charge in [-0.1, -0.05) is 0 Å². The number of likely N-dealkylation sites (tertiary alicyclic amines) is 1. The van der Waals surface area contributed by atoms with Crippen molar-refractivity contribution in [1.29, 1.82) is 0 Å². The zero-order valence-electron chi connectivity index (χ0n) is 18.1. The molecule has 3 rings (SSSR count). The van der Waals surface area contributed by atoms with Crippen molar-refractivity contribution in [3.8, 4) is 11.5 Å². The number of likely N-dealkylation sites (N-methyl/N-ethyl adjacent to an activating group) is 3. The van der Waals surface area contributed by atoms with Crippen LogP contribution < -0.4 is 9.47 Å². The molecule has 1 unspecified atom stereocenters. The molecule has 0 amide bonds. The molecule has 2 heterocycles. The van der Waals surface area contributed by atoms with E-state index in [0.717, 1.165) is 53.4 Å². The highest BCUT2D eigenvalue weighted by molar-refractivity contribution is 5.78. The van der Waals surface area contributed by atoms with Gasteiger partial charge in [0.25, 0.3) is 0 Å². The Morgan fingerprint density at radius 2 is 1.75 bits per heavy atom. The molecule has 0 spiro atoms. The summed E-state index contributed by atoms with van der Waals surface area (Å²) in [4.78, 5) is 6.49. The Kier molecular flexibility index (Phi) is 5.75. The molecule has 2 aliphatic rings. The van der Waals surface area contributed by atoms with Crippen molar-refractivity contribution < 1.29 is 14.6 Å². The van der Waals surface area contributed by atoms with Gasteiger partial charge in [-0.3, -0.25) is 4.90 Å². The van der Waals surface area contributed by atoms with E-state index in [4.69, 9.17) is 9.47 Å². The molecular formula is C22H33N3O3. The maximum atomic E-state index is 10.6. The summed E-state index contributed by atoms with van der Waals surface area (Å²) in [6.45, 7) is 6.68. The Labute approximate surface area is 168 Å². The predicted octanol–water partition coefficient (Wildman–Crippen LogP) is 2.39. The molecular weight excluding hydrogens is 354 g/mol. The van der Waals surface area contributed by atoms with E-state index >= 15 is 0 Å². The van der Waals surface area contributed by atoms with Crippen LogP contribution in [-0.2, 0) is 6.54 Å². The maximum absolute atomic E-state index is 10.6. The minimum Gasteiger partial charge on any atom is -0.496 e. The zero-order chi connectivity index (χ0) is 20.6. The van der Waals surface area contributed by atoms with Gasteiger partial charge in [0.1, 0.15) is 11.5 Å². The lowest BCUT2D eigenvalue weighted by atomic mass is 9.93. The summed E-state index contributed by atoms with van der Waals surface area (Å²) in [7, 11) is 9.57. The fraction of sp³-hybridized carbons (Fsp3) is 0.545. The first-order valence-electron chi connectivity index (χ1n) is 9.67. The Hall–Kier alpha value is -2.02. The fourth-order valence-corrected chi connectivity index (χ4v) is 3.81. The van der Waals surface area contributed by atoms with Crippen molar-refractivity contribution in [2.24, 2.45) is 0 Å². The number of benzene rings is 1. The van der Waals surface area contributed by atoms with Crippen LogP contribution in [0.25, 0.3) is 5.57 Å². The topological polar surface area (TPSA) is 48.4 Å². The van der Waals surface area contributed by atoms with E-state index in [1.807, 2.05) is 31.1 Å². The third-order valence-electron chi connectivity index (χ3n) is 6.16. The molecule has 28 heavy (non-hydrogen) atoms. The van der Waals surface area contributed by atoms with Crippen molar-refractivity contribution in [3.05, 3.63) is 41.1 Å². The molecule has 6 heteroatoms. The lowest BCUT2D eigenvalue weighted by Crippen LogP contribution is -2.56. The van der Waals surface area contributed by atoms with E-state index in [1.165, 1.54) is 0 Å². The second kappa shape index (κ2) is 7.78. The minimum absolute atomic E-state index is 0.557. The highest BCUT2D eigenvalue weighted by atomic mass is 16.5. The molecule has 154 valence electrons. The highest BCUT2D eigenvalue weighted by Crippen LogP contribution is 2.38. The maximum Gasteiger partial charge on any atom is 0.156 e. The van der Waals surface area contributed by atoms with Gasteiger partial charge in [0.15, 0.2) is 5.72 Å². The first-order valence-corrected chi connectivity index (χ1v) is 9.67. The summed E-state index contributed by atoms with van der Waals surface area (Å²) in [5, 5.41) is 10.6. The van der Waals surface area contributed by atoms with Gasteiger partial charge in [-0.15, -0.1) is 0 Å². The Morgan fingerprint density at radius 3 is 2.21 bits per heavy atom. The highest BCUT2D eigenvalue weighted by Gasteiger charge is 2.31. The normalized spacial score (nSPS) is 23.4. The van der Waals surface area contributed by atoms with E-state index < -0.39 is 5.72 Å². The monoisotopic (exact) mass is 387 g/mol. The van der Waals surface area contributed by atoms with E-state index in [1.54, 1.807) is 21.1 Å². The van der Waals surface area contributed by atoms with Crippen molar-refractivity contribution in [1.82, 2.24) is 14.7 Å². The molecule has 1 N–H and O–H groups in total. The van der Waals surface area contributed by atoms with Gasteiger partial charge in [0, 0.05) is 38.9 Å². The molecule has 0 aromatic heterocycles. The molecule has 1 aromatic carbocycles. The Morgan fingerprint density at radius 1 is 1.18 bits per heavy atom. The van der Waals surface area contributed by atoms with Gasteiger partial charge in [-0.25, -0.2) is 0 Å². The number of hydrogen-bond donors (Lipinski definition) is 1. The molecule has 1 saturated heterocycles. The summed E-state index contributed by atoms with van der Waals surface area (Å²) in [6.07, 6.45) is 3.97. The SMILES string of the molecule is COc1cc(C2=CN(C)C(C)(O)C(C)=C2)cc(OC)c1CN(C)C1CN(C)C1. The second-order valence-corrected chi connectivity index (χ2v) is 8.19. The van der Waals surface area contributed by atoms with Crippen LogP contribution in [0.1, 0.15) is 25.0 Å². The average Bonchev–Trinajstić information content (AvgIpc) is 2.63. The lowest BCUT2D eigenvalue weighted by molar-refractivity contribution is -0.0195. The van der Waals surface area contributed by atoms with Crippen molar-refractivity contribution in [2.75, 3.05) is 48.5 Å².